The summed E-state index contributed by atoms with van der Waals surface area (Å²) in [5.41, 5.74) is 5.75. The van der Waals surface area contributed by atoms with Crippen molar-refractivity contribution < 1.29 is 9.32 Å². The second-order valence-corrected chi connectivity index (χ2v) is 4.11. The van der Waals surface area contributed by atoms with Gasteiger partial charge in [0.05, 0.1) is 0 Å². The van der Waals surface area contributed by atoms with Crippen molar-refractivity contribution in [2.45, 2.75) is 13.0 Å². The summed E-state index contributed by atoms with van der Waals surface area (Å²) in [4.78, 5) is 16.3. The Kier molecular flexibility index (Phi) is 2.97. The number of nitrogens with one attached hydrogen (secondary N) is 1. The summed E-state index contributed by atoms with van der Waals surface area (Å²) >= 11 is 1.42. The predicted molar refractivity (Wildman–Crippen MR) is 58.9 cm³/mol. The Morgan fingerprint density at radius 1 is 1.69 bits per heavy atom. The Morgan fingerprint density at radius 2 is 2.50 bits per heavy atom. The fourth-order valence-electron chi connectivity index (χ4n) is 1.13. The van der Waals surface area contributed by atoms with Crippen LogP contribution in [0.25, 0.3) is 0 Å². The number of nitrogens with two attached hydrogens (primary N) is 1. The highest BCUT2D eigenvalue weighted by molar-refractivity contribution is 7.10. The molecule has 16 heavy (non-hydrogen) atoms. The molecular weight excluding hydrogens is 228 g/mol. The minimum absolute atomic E-state index is 0.0644. The van der Waals surface area contributed by atoms with Crippen LogP contribution in [0.4, 0.5) is 6.01 Å². The van der Waals surface area contributed by atoms with Gasteiger partial charge in [0.25, 0.3) is 0 Å². The van der Waals surface area contributed by atoms with Crippen molar-refractivity contribution in [2.24, 2.45) is 5.73 Å². The molecule has 1 unspecified atom stereocenters. The zero-order chi connectivity index (χ0) is 11.5. The summed E-state index contributed by atoms with van der Waals surface area (Å²) in [5.74, 6) is 0.0890. The topological polar surface area (TPSA) is 94.0 Å². The summed E-state index contributed by atoms with van der Waals surface area (Å²) < 4.78 is 4.76. The normalized spacial score (nSPS) is 12.4. The average molecular weight is 238 g/mol. The summed E-state index contributed by atoms with van der Waals surface area (Å²) in [7, 11) is 0. The Morgan fingerprint density at radius 3 is 3.06 bits per heavy atom. The van der Waals surface area contributed by atoms with Gasteiger partial charge in [-0.2, -0.15) is 4.98 Å². The minimum Gasteiger partial charge on any atom is -0.316 e. The Bertz CT molecular complexity index is 479. The number of thiophene rings is 1. The van der Waals surface area contributed by atoms with Crippen molar-refractivity contribution in [1.82, 2.24) is 10.1 Å². The van der Waals surface area contributed by atoms with E-state index in [0.717, 1.165) is 4.88 Å². The van der Waals surface area contributed by atoms with Gasteiger partial charge < -0.3 is 10.3 Å². The van der Waals surface area contributed by atoms with Gasteiger partial charge in [0.2, 0.25) is 5.91 Å². The van der Waals surface area contributed by atoms with Gasteiger partial charge in [-0.15, -0.1) is 11.3 Å². The molecule has 2 aromatic rings. The fraction of sp³-hybridized carbons (Fsp3) is 0.222. The highest BCUT2D eigenvalue weighted by Crippen LogP contribution is 2.18. The molecule has 0 aliphatic rings. The highest BCUT2D eigenvalue weighted by atomic mass is 32.1. The van der Waals surface area contributed by atoms with E-state index in [1.165, 1.54) is 11.3 Å². The molecular formula is C9H10N4O2S. The first-order chi connectivity index (χ1) is 7.66. The van der Waals surface area contributed by atoms with Crippen LogP contribution in [-0.2, 0) is 4.79 Å². The van der Waals surface area contributed by atoms with Crippen molar-refractivity contribution in [3.05, 3.63) is 28.2 Å². The number of nitrogens with zero attached hydrogens (tertiary/aromatic N) is 2. The lowest BCUT2D eigenvalue weighted by Gasteiger charge is -2.06. The van der Waals surface area contributed by atoms with Crippen LogP contribution in [0.3, 0.4) is 0 Å². The van der Waals surface area contributed by atoms with E-state index in [1.807, 2.05) is 11.4 Å². The molecule has 7 heteroatoms. The third-order valence-corrected chi connectivity index (χ3v) is 2.85. The van der Waals surface area contributed by atoms with Crippen LogP contribution in [-0.4, -0.2) is 16.0 Å². The molecule has 0 fully saturated rings. The minimum atomic E-state index is -0.716. The van der Waals surface area contributed by atoms with Gasteiger partial charge in [0, 0.05) is 4.88 Å². The van der Waals surface area contributed by atoms with Crippen molar-refractivity contribution in [2.75, 3.05) is 5.32 Å². The van der Waals surface area contributed by atoms with Crippen LogP contribution in [0.15, 0.2) is 22.0 Å². The molecule has 2 heterocycles. The van der Waals surface area contributed by atoms with E-state index in [4.69, 9.17) is 10.3 Å². The van der Waals surface area contributed by atoms with Gasteiger partial charge in [0.15, 0.2) is 5.82 Å². The third kappa shape index (κ3) is 2.26. The van der Waals surface area contributed by atoms with Crippen LogP contribution in [0.1, 0.15) is 16.7 Å². The number of aryl methyl sites for hydroxylation is 1. The number of aromatic nitrogens is 2. The lowest BCUT2D eigenvalue weighted by Crippen LogP contribution is -2.27. The van der Waals surface area contributed by atoms with Gasteiger partial charge in [-0.05, 0) is 18.4 Å². The van der Waals surface area contributed by atoms with Gasteiger partial charge in [-0.3, -0.25) is 10.1 Å². The first kappa shape index (κ1) is 10.8. The second kappa shape index (κ2) is 4.42. The van der Waals surface area contributed by atoms with E-state index in [-0.39, 0.29) is 11.9 Å². The molecule has 84 valence electrons. The lowest BCUT2D eigenvalue weighted by atomic mass is 10.2. The Balaban J connectivity index is 2.03. The average Bonchev–Trinajstić information content (AvgIpc) is 2.88. The largest absolute Gasteiger partial charge is 0.328 e. The van der Waals surface area contributed by atoms with Crippen LogP contribution in [0.2, 0.25) is 0 Å². The standard InChI is InChI=1S/C9H10N4O2S/c1-5-11-9(15-13-5)12-8(14)7(10)6-3-2-4-16-6/h2-4,7H,10H2,1H3,(H,11,12,13,14). The Labute approximate surface area is 95.5 Å². The van der Waals surface area contributed by atoms with E-state index in [9.17, 15) is 4.79 Å². The molecule has 0 saturated carbocycles. The number of carbonyl (C=O) groups is 1. The molecule has 0 aliphatic carbocycles. The molecule has 0 saturated heterocycles. The second-order valence-electron chi connectivity index (χ2n) is 3.13. The maximum absolute atomic E-state index is 11.7. The van der Waals surface area contributed by atoms with Crippen molar-refractivity contribution in [3.63, 3.8) is 0 Å². The molecule has 0 bridgehead atoms. The maximum atomic E-state index is 11.7. The van der Waals surface area contributed by atoms with Gasteiger partial charge >= 0.3 is 6.01 Å². The monoisotopic (exact) mass is 238 g/mol. The summed E-state index contributed by atoms with van der Waals surface area (Å²) in [6, 6.07) is 2.99. The quantitative estimate of drug-likeness (QED) is 0.834. The van der Waals surface area contributed by atoms with Crippen LogP contribution in [0.5, 0.6) is 0 Å². The third-order valence-electron chi connectivity index (χ3n) is 1.89. The van der Waals surface area contributed by atoms with Crippen LogP contribution in [0, 0.1) is 6.92 Å². The molecule has 0 spiro atoms. The number of anilines is 1. The molecule has 3 N–H and O–H groups in total. The molecule has 2 aromatic heterocycles. The molecule has 1 atom stereocenters. The maximum Gasteiger partial charge on any atom is 0.328 e. The molecule has 0 aliphatic heterocycles. The summed E-state index contributed by atoms with van der Waals surface area (Å²) in [6.07, 6.45) is 0. The Hall–Kier alpha value is -1.73. The van der Waals surface area contributed by atoms with E-state index in [0.29, 0.717) is 5.82 Å². The van der Waals surface area contributed by atoms with Crippen LogP contribution < -0.4 is 11.1 Å². The first-order valence-corrected chi connectivity index (χ1v) is 5.45. The molecule has 1 amide bonds. The molecule has 0 aromatic carbocycles. The number of rotatable bonds is 3. The number of carbonyl (C=O) groups excluding carboxylic acids is 1. The fourth-order valence-corrected chi connectivity index (χ4v) is 1.85. The molecule has 6 nitrogen and oxygen atoms in total. The van der Waals surface area contributed by atoms with Gasteiger partial charge in [0.1, 0.15) is 6.04 Å². The van der Waals surface area contributed by atoms with Crippen molar-refractivity contribution >= 4 is 23.3 Å². The van der Waals surface area contributed by atoms with Gasteiger partial charge in [-0.1, -0.05) is 11.2 Å². The van der Waals surface area contributed by atoms with Crippen molar-refractivity contribution in [3.8, 4) is 0 Å². The number of hydrogen-bond acceptors (Lipinski definition) is 6. The molecule has 0 radical (unpaired) electrons. The molecule has 2 rings (SSSR count). The van der Waals surface area contributed by atoms with Crippen LogP contribution >= 0.6 is 11.3 Å². The first-order valence-electron chi connectivity index (χ1n) is 4.57. The van der Waals surface area contributed by atoms with Gasteiger partial charge in [-0.25, -0.2) is 0 Å². The van der Waals surface area contributed by atoms with E-state index < -0.39 is 6.04 Å². The van der Waals surface area contributed by atoms with E-state index in [1.54, 1.807) is 13.0 Å². The van der Waals surface area contributed by atoms with E-state index in [2.05, 4.69) is 15.5 Å². The van der Waals surface area contributed by atoms with E-state index >= 15 is 0 Å². The smallest absolute Gasteiger partial charge is 0.316 e. The van der Waals surface area contributed by atoms with Crippen molar-refractivity contribution in [1.29, 1.82) is 0 Å². The predicted octanol–water partition coefficient (Wildman–Crippen LogP) is 1.08. The summed E-state index contributed by atoms with van der Waals surface area (Å²) in [5, 5.41) is 7.87. The number of amides is 1. The summed E-state index contributed by atoms with van der Waals surface area (Å²) in [6.45, 7) is 1.67. The highest BCUT2D eigenvalue weighted by Gasteiger charge is 2.18. The lowest BCUT2D eigenvalue weighted by molar-refractivity contribution is -0.117. The zero-order valence-corrected chi connectivity index (χ0v) is 9.32. The number of hydrogen-bond donors (Lipinski definition) is 2. The SMILES string of the molecule is Cc1noc(NC(=O)C(N)c2cccs2)n1. The zero-order valence-electron chi connectivity index (χ0n) is 8.51.